The Bertz CT molecular complexity index is 893. The SMILES string of the molecule is CCCn1nc2n(c1=O)CCC(NC(=O)c1ccc(C3CCNCC3)cc1)CC2. The third-order valence-corrected chi connectivity index (χ3v) is 6.17. The maximum atomic E-state index is 12.7. The van der Waals surface area contributed by atoms with Crippen LogP contribution >= 0.6 is 0 Å². The smallest absolute Gasteiger partial charge is 0.345 e. The van der Waals surface area contributed by atoms with Crippen molar-refractivity contribution in [1.29, 1.82) is 0 Å². The molecule has 0 aliphatic carbocycles. The molecule has 29 heavy (non-hydrogen) atoms. The molecule has 1 atom stereocenters. The van der Waals surface area contributed by atoms with Gasteiger partial charge in [-0.25, -0.2) is 9.48 Å². The molecule has 156 valence electrons. The van der Waals surface area contributed by atoms with Gasteiger partial charge < -0.3 is 10.6 Å². The summed E-state index contributed by atoms with van der Waals surface area (Å²) in [6.07, 6.45) is 5.48. The second-order valence-electron chi connectivity index (χ2n) is 8.22. The van der Waals surface area contributed by atoms with Crippen LogP contribution < -0.4 is 16.3 Å². The lowest BCUT2D eigenvalue weighted by atomic mass is 9.90. The molecule has 1 amide bonds. The van der Waals surface area contributed by atoms with Crippen LogP contribution in [0.15, 0.2) is 29.1 Å². The summed E-state index contributed by atoms with van der Waals surface area (Å²) in [6.45, 7) is 5.44. The molecule has 1 unspecified atom stereocenters. The average Bonchev–Trinajstić information content (AvgIpc) is 2.92. The van der Waals surface area contributed by atoms with Crippen LogP contribution in [0.3, 0.4) is 0 Å². The summed E-state index contributed by atoms with van der Waals surface area (Å²) >= 11 is 0. The van der Waals surface area contributed by atoms with Gasteiger partial charge in [-0.15, -0.1) is 0 Å². The fourth-order valence-electron chi connectivity index (χ4n) is 4.46. The van der Waals surface area contributed by atoms with Crippen molar-refractivity contribution >= 4 is 5.91 Å². The van der Waals surface area contributed by atoms with Crippen molar-refractivity contribution in [2.45, 2.75) is 70.5 Å². The van der Waals surface area contributed by atoms with Gasteiger partial charge in [-0.05, 0) is 68.8 Å². The molecule has 1 fully saturated rings. The number of carbonyl (C=O) groups excluding carboxylic acids is 1. The summed E-state index contributed by atoms with van der Waals surface area (Å²) in [5.41, 5.74) is 2.00. The minimum Gasteiger partial charge on any atom is -0.349 e. The van der Waals surface area contributed by atoms with Crippen molar-refractivity contribution in [3.63, 3.8) is 0 Å². The predicted molar refractivity (Wildman–Crippen MR) is 112 cm³/mol. The summed E-state index contributed by atoms with van der Waals surface area (Å²) in [6, 6.07) is 8.15. The van der Waals surface area contributed by atoms with Gasteiger partial charge >= 0.3 is 5.69 Å². The molecule has 4 rings (SSSR count). The third kappa shape index (κ3) is 4.45. The van der Waals surface area contributed by atoms with E-state index in [2.05, 4.69) is 27.9 Å². The first-order valence-corrected chi connectivity index (χ1v) is 10.9. The Hall–Kier alpha value is -2.41. The van der Waals surface area contributed by atoms with Crippen LogP contribution in [0.5, 0.6) is 0 Å². The van der Waals surface area contributed by atoms with Gasteiger partial charge in [-0.3, -0.25) is 9.36 Å². The number of nitrogens with one attached hydrogen (secondary N) is 2. The van der Waals surface area contributed by atoms with E-state index in [-0.39, 0.29) is 17.6 Å². The second-order valence-corrected chi connectivity index (χ2v) is 8.22. The molecule has 1 aromatic carbocycles. The standard InChI is InChI=1S/C22H31N5O2/c1-2-14-27-22(29)26-15-11-19(7-8-20(26)25-27)24-21(28)18-5-3-16(4-6-18)17-9-12-23-13-10-17/h3-6,17,19,23H,2,7-15H2,1H3,(H,24,28). The minimum atomic E-state index is -0.0326. The Morgan fingerprint density at radius 3 is 2.66 bits per heavy atom. The van der Waals surface area contributed by atoms with E-state index in [0.717, 1.165) is 51.0 Å². The Morgan fingerprint density at radius 2 is 1.93 bits per heavy atom. The Kier molecular flexibility index (Phi) is 6.13. The monoisotopic (exact) mass is 397 g/mol. The molecule has 3 heterocycles. The summed E-state index contributed by atoms with van der Waals surface area (Å²) < 4.78 is 3.34. The van der Waals surface area contributed by atoms with E-state index in [0.29, 0.717) is 31.0 Å². The number of aryl methyl sites for hydroxylation is 2. The van der Waals surface area contributed by atoms with Crippen molar-refractivity contribution in [3.8, 4) is 0 Å². The van der Waals surface area contributed by atoms with Gasteiger partial charge in [0, 0.05) is 31.1 Å². The van der Waals surface area contributed by atoms with Gasteiger partial charge in [0.25, 0.3) is 5.91 Å². The first-order chi connectivity index (χ1) is 14.2. The highest BCUT2D eigenvalue weighted by atomic mass is 16.2. The lowest BCUT2D eigenvalue weighted by molar-refractivity contribution is 0.0933. The van der Waals surface area contributed by atoms with Crippen LogP contribution in [-0.4, -0.2) is 39.4 Å². The summed E-state index contributed by atoms with van der Waals surface area (Å²) in [5.74, 6) is 1.40. The van der Waals surface area contributed by atoms with E-state index in [1.165, 1.54) is 5.56 Å². The van der Waals surface area contributed by atoms with Crippen molar-refractivity contribution in [2.75, 3.05) is 13.1 Å². The van der Waals surface area contributed by atoms with Crippen molar-refractivity contribution in [2.24, 2.45) is 0 Å². The van der Waals surface area contributed by atoms with Crippen LogP contribution in [0.4, 0.5) is 0 Å². The Labute approximate surface area is 171 Å². The molecule has 2 aliphatic heterocycles. The zero-order valence-electron chi connectivity index (χ0n) is 17.2. The molecule has 2 aliphatic rings. The van der Waals surface area contributed by atoms with Crippen molar-refractivity contribution in [3.05, 3.63) is 51.7 Å². The van der Waals surface area contributed by atoms with E-state index in [9.17, 15) is 9.59 Å². The first-order valence-electron chi connectivity index (χ1n) is 10.9. The molecule has 0 bridgehead atoms. The molecule has 0 saturated carbocycles. The second kappa shape index (κ2) is 8.95. The maximum Gasteiger partial charge on any atom is 0.345 e. The van der Waals surface area contributed by atoms with Gasteiger partial charge in [-0.2, -0.15) is 5.10 Å². The van der Waals surface area contributed by atoms with Crippen molar-refractivity contribution in [1.82, 2.24) is 25.0 Å². The molecule has 2 N–H and O–H groups in total. The zero-order valence-corrected chi connectivity index (χ0v) is 17.2. The summed E-state index contributed by atoms with van der Waals surface area (Å²) in [4.78, 5) is 25.2. The molecule has 7 heteroatoms. The van der Waals surface area contributed by atoms with Gasteiger partial charge in [-0.1, -0.05) is 19.1 Å². The van der Waals surface area contributed by atoms with E-state index in [1.807, 2.05) is 19.1 Å². The molecule has 7 nitrogen and oxygen atoms in total. The first kappa shape index (κ1) is 19.9. The molecule has 0 spiro atoms. The topological polar surface area (TPSA) is 81.0 Å². The quantitative estimate of drug-likeness (QED) is 0.809. The Balaban J connectivity index is 1.35. The fraction of sp³-hybridized carbons (Fsp3) is 0.591. The number of hydrogen-bond acceptors (Lipinski definition) is 4. The minimum absolute atomic E-state index is 0.0256. The predicted octanol–water partition coefficient (Wildman–Crippen LogP) is 2.06. The van der Waals surface area contributed by atoms with E-state index < -0.39 is 0 Å². The highest BCUT2D eigenvalue weighted by Crippen LogP contribution is 2.25. The lowest BCUT2D eigenvalue weighted by Crippen LogP contribution is -2.35. The number of aromatic nitrogens is 3. The molecule has 0 radical (unpaired) electrons. The molecule has 1 saturated heterocycles. The zero-order chi connectivity index (χ0) is 20.2. The summed E-state index contributed by atoms with van der Waals surface area (Å²) in [5, 5.41) is 11.0. The highest BCUT2D eigenvalue weighted by Gasteiger charge is 2.22. The maximum absolute atomic E-state index is 12.7. The van der Waals surface area contributed by atoms with E-state index >= 15 is 0 Å². The van der Waals surface area contributed by atoms with Crippen LogP contribution in [0.1, 0.15) is 66.7 Å². The highest BCUT2D eigenvalue weighted by molar-refractivity contribution is 5.94. The number of rotatable bonds is 5. The van der Waals surface area contributed by atoms with Gasteiger partial charge in [0.15, 0.2) is 0 Å². The van der Waals surface area contributed by atoms with Crippen molar-refractivity contribution < 1.29 is 4.79 Å². The summed E-state index contributed by atoms with van der Waals surface area (Å²) in [7, 11) is 0. The van der Waals surface area contributed by atoms with E-state index in [1.54, 1.807) is 9.25 Å². The third-order valence-electron chi connectivity index (χ3n) is 6.17. The number of nitrogens with zero attached hydrogens (tertiary/aromatic N) is 3. The number of piperidine rings is 1. The molecular formula is C22H31N5O2. The normalized spacial score (nSPS) is 20.1. The van der Waals surface area contributed by atoms with E-state index in [4.69, 9.17) is 0 Å². The van der Waals surface area contributed by atoms with Crippen LogP contribution in [0, 0.1) is 0 Å². The van der Waals surface area contributed by atoms with Crippen LogP contribution in [0.2, 0.25) is 0 Å². The molecule has 2 aromatic rings. The molecular weight excluding hydrogens is 366 g/mol. The number of hydrogen-bond donors (Lipinski definition) is 2. The average molecular weight is 398 g/mol. The number of fused-ring (bicyclic) bond motifs is 1. The molecule has 1 aromatic heterocycles. The number of amides is 1. The Morgan fingerprint density at radius 1 is 1.17 bits per heavy atom. The van der Waals surface area contributed by atoms with Gasteiger partial charge in [0.1, 0.15) is 5.82 Å². The van der Waals surface area contributed by atoms with Gasteiger partial charge in [0.05, 0.1) is 0 Å². The van der Waals surface area contributed by atoms with Gasteiger partial charge in [0.2, 0.25) is 0 Å². The number of benzene rings is 1. The fourth-order valence-corrected chi connectivity index (χ4v) is 4.46. The van der Waals surface area contributed by atoms with Crippen LogP contribution in [-0.2, 0) is 19.5 Å². The van der Waals surface area contributed by atoms with Crippen LogP contribution in [0.25, 0.3) is 0 Å². The largest absolute Gasteiger partial charge is 0.349 e. The lowest BCUT2D eigenvalue weighted by Gasteiger charge is -2.23. The number of carbonyl (C=O) groups is 1.